The first-order valence-electron chi connectivity index (χ1n) is 11.0. The lowest BCUT2D eigenvalue weighted by Gasteiger charge is -2.33. The fourth-order valence-corrected chi connectivity index (χ4v) is 3.76. The Morgan fingerprint density at radius 3 is 2.69 bits per heavy atom. The summed E-state index contributed by atoms with van der Waals surface area (Å²) in [5, 5.41) is 2.90. The normalized spacial score (nSPS) is 16.2. The van der Waals surface area contributed by atoms with Crippen LogP contribution in [0.2, 0.25) is 0 Å². The summed E-state index contributed by atoms with van der Waals surface area (Å²) in [4.78, 5) is 28.8. The van der Waals surface area contributed by atoms with Gasteiger partial charge in [0.05, 0.1) is 25.5 Å². The van der Waals surface area contributed by atoms with Crippen molar-refractivity contribution in [2.45, 2.75) is 12.8 Å². The number of anilines is 2. The summed E-state index contributed by atoms with van der Waals surface area (Å²) in [6.45, 7) is 5.10. The Labute approximate surface area is 188 Å². The lowest BCUT2D eigenvalue weighted by molar-refractivity contribution is -0.121. The van der Waals surface area contributed by atoms with Crippen LogP contribution in [0.25, 0.3) is 0 Å². The third-order valence-electron chi connectivity index (χ3n) is 5.49. The summed E-state index contributed by atoms with van der Waals surface area (Å²) in [6, 6.07) is 15.0. The van der Waals surface area contributed by atoms with Crippen molar-refractivity contribution >= 4 is 23.2 Å². The highest BCUT2D eigenvalue weighted by Gasteiger charge is 2.26. The van der Waals surface area contributed by atoms with Crippen LogP contribution in [0.3, 0.4) is 0 Å². The fraction of sp³-hybridized carbons (Fsp3) is 0.417. The Hall–Kier alpha value is -3.10. The number of morpholine rings is 1. The van der Waals surface area contributed by atoms with Gasteiger partial charge in [0.25, 0.3) is 5.91 Å². The first kappa shape index (κ1) is 22.1. The molecule has 1 N–H and O–H groups in total. The van der Waals surface area contributed by atoms with E-state index in [9.17, 15) is 9.59 Å². The quantitative estimate of drug-likeness (QED) is 0.605. The molecule has 0 unspecified atom stereocenters. The summed E-state index contributed by atoms with van der Waals surface area (Å²) >= 11 is 0. The highest BCUT2D eigenvalue weighted by atomic mass is 16.5. The van der Waals surface area contributed by atoms with Gasteiger partial charge in [0.15, 0.2) is 6.61 Å². The minimum Gasteiger partial charge on any atom is -0.494 e. The lowest BCUT2D eigenvalue weighted by atomic mass is 10.2. The number of nitrogens with one attached hydrogen (secondary N) is 1. The summed E-state index contributed by atoms with van der Waals surface area (Å²) in [7, 11) is 0. The van der Waals surface area contributed by atoms with Crippen LogP contribution in [0.1, 0.15) is 12.8 Å². The Balaban J connectivity index is 1.27. The zero-order chi connectivity index (χ0) is 22.2. The number of para-hydroxylation sites is 1. The SMILES string of the molecule is O=C(CCCOc1ccccc1)Nc1ccc2c(c1)OCC(=O)N2CCN1CCOCC1. The minimum atomic E-state index is -0.0855. The highest BCUT2D eigenvalue weighted by Crippen LogP contribution is 2.34. The summed E-state index contributed by atoms with van der Waals surface area (Å²) in [6.07, 6.45) is 0.973. The molecule has 2 aliphatic heterocycles. The number of hydrogen-bond donors (Lipinski definition) is 1. The van der Waals surface area contributed by atoms with E-state index in [1.165, 1.54) is 0 Å². The Bertz CT molecular complexity index is 915. The number of amides is 2. The molecule has 4 rings (SSSR count). The van der Waals surface area contributed by atoms with Crippen molar-refractivity contribution in [3.8, 4) is 11.5 Å². The van der Waals surface area contributed by atoms with Crippen molar-refractivity contribution in [1.82, 2.24) is 4.90 Å². The lowest BCUT2D eigenvalue weighted by Crippen LogP contribution is -2.45. The molecule has 1 fully saturated rings. The van der Waals surface area contributed by atoms with Gasteiger partial charge in [-0.3, -0.25) is 14.5 Å². The summed E-state index contributed by atoms with van der Waals surface area (Å²) in [5.41, 5.74) is 1.39. The fourth-order valence-electron chi connectivity index (χ4n) is 3.76. The van der Waals surface area contributed by atoms with Gasteiger partial charge in [-0.2, -0.15) is 0 Å². The first-order valence-corrected chi connectivity index (χ1v) is 11.0. The van der Waals surface area contributed by atoms with Crippen molar-refractivity contribution < 1.29 is 23.8 Å². The van der Waals surface area contributed by atoms with Gasteiger partial charge in [0, 0.05) is 44.4 Å². The van der Waals surface area contributed by atoms with E-state index >= 15 is 0 Å². The Morgan fingerprint density at radius 1 is 1.06 bits per heavy atom. The molecule has 1 saturated heterocycles. The number of rotatable bonds is 9. The third-order valence-corrected chi connectivity index (χ3v) is 5.49. The average molecular weight is 440 g/mol. The second-order valence-electron chi connectivity index (χ2n) is 7.78. The van der Waals surface area contributed by atoms with Crippen LogP contribution in [0, 0.1) is 0 Å². The maximum Gasteiger partial charge on any atom is 0.265 e. The second kappa shape index (κ2) is 11.0. The molecule has 8 heteroatoms. The molecule has 8 nitrogen and oxygen atoms in total. The van der Waals surface area contributed by atoms with E-state index in [2.05, 4.69) is 10.2 Å². The minimum absolute atomic E-state index is 0.00430. The molecular formula is C24H29N3O5. The van der Waals surface area contributed by atoms with E-state index in [1.807, 2.05) is 36.4 Å². The van der Waals surface area contributed by atoms with Crippen molar-refractivity contribution in [3.63, 3.8) is 0 Å². The zero-order valence-corrected chi connectivity index (χ0v) is 18.1. The molecule has 0 aromatic heterocycles. The molecule has 0 aliphatic carbocycles. The molecule has 32 heavy (non-hydrogen) atoms. The van der Waals surface area contributed by atoms with Crippen LogP contribution in [0.4, 0.5) is 11.4 Å². The summed E-state index contributed by atoms with van der Waals surface area (Å²) < 4.78 is 16.6. The molecule has 2 amide bonds. The van der Waals surface area contributed by atoms with Crippen LogP contribution in [-0.2, 0) is 14.3 Å². The van der Waals surface area contributed by atoms with Gasteiger partial charge in [-0.1, -0.05) is 18.2 Å². The van der Waals surface area contributed by atoms with Crippen LogP contribution < -0.4 is 19.7 Å². The van der Waals surface area contributed by atoms with E-state index in [0.29, 0.717) is 37.4 Å². The maximum atomic E-state index is 12.4. The van der Waals surface area contributed by atoms with Crippen molar-refractivity contribution in [3.05, 3.63) is 48.5 Å². The highest BCUT2D eigenvalue weighted by molar-refractivity contribution is 5.99. The monoisotopic (exact) mass is 439 g/mol. The molecule has 0 spiro atoms. The molecule has 2 aromatic rings. The molecule has 170 valence electrons. The number of fused-ring (bicyclic) bond motifs is 1. The van der Waals surface area contributed by atoms with Crippen LogP contribution in [0.5, 0.6) is 11.5 Å². The molecule has 2 aliphatic rings. The second-order valence-corrected chi connectivity index (χ2v) is 7.78. The Morgan fingerprint density at radius 2 is 1.88 bits per heavy atom. The van der Waals surface area contributed by atoms with E-state index in [0.717, 1.165) is 44.3 Å². The largest absolute Gasteiger partial charge is 0.494 e. The van der Waals surface area contributed by atoms with Gasteiger partial charge < -0.3 is 24.4 Å². The predicted octanol–water partition coefficient (Wildman–Crippen LogP) is 2.54. The number of ether oxygens (including phenoxy) is 3. The third kappa shape index (κ3) is 5.99. The standard InChI is InChI=1S/C24H29N3O5/c28-23(7-4-14-31-20-5-2-1-3-6-20)25-19-8-9-21-22(17-19)32-18-24(29)27(21)11-10-26-12-15-30-16-13-26/h1-3,5-6,8-9,17H,4,7,10-16,18H2,(H,25,28). The van der Waals surface area contributed by atoms with Crippen LogP contribution in [0.15, 0.2) is 48.5 Å². The van der Waals surface area contributed by atoms with E-state index < -0.39 is 0 Å². The zero-order valence-electron chi connectivity index (χ0n) is 18.1. The van der Waals surface area contributed by atoms with Crippen molar-refractivity contribution in [2.75, 3.05) is 62.8 Å². The number of benzene rings is 2. The molecule has 0 radical (unpaired) electrons. The topological polar surface area (TPSA) is 80.3 Å². The number of nitrogens with zero attached hydrogens (tertiary/aromatic N) is 2. The number of carbonyl (C=O) groups is 2. The number of carbonyl (C=O) groups excluding carboxylic acids is 2. The van der Waals surface area contributed by atoms with E-state index in [4.69, 9.17) is 14.2 Å². The van der Waals surface area contributed by atoms with Gasteiger partial charge in [-0.25, -0.2) is 0 Å². The molecular weight excluding hydrogens is 410 g/mol. The average Bonchev–Trinajstić information content (AvgIpc) is 2.82. The van der Waals surface area contributed by atoms with E-state index in [1.54, 1.807) is 17.0 Å². The molecule has 0 saturated carbocycles. The van der Waals surface area contributed by atoms with Gasteiger partial charge in [-0.05, 0) is 30.7 Å². The van der Waals surface area contributed by atoms with Gasteiger partial charge in [0.1, 0.15) is 11.5 Å². The first-order chi connectivity index (χ1) is 15.7. The molecule has 2 aromatic carbocycles. The predicted molar refractivity (Wildman–Crippen MR) is 121 cm³/mol. The molecule has 0 bridgehead atoms. The smallest absolute Gasteiger partial charge is 0.265 e. The van der Waals surface area contributed by atoms with Crippen LogP contribution >= 0.6 is 0 Å². The van der Waals surface area contributed by atoms with Gasteiger partial charge in [-0.15, -0.1) is 0 Å². The van der Waals surface area contributed by atoms with Crippen LogP contribution in [-0.4, -0.2) is 69.3 Å². The summed E-state index contributed by atoms with van der Waals surface area (Å²) in [5.74, 6) is 1.27. The van der Waals surface area contributed by atoms with Gasteiger partial charge in [0.2, 0.25) is 5.91 Å². The number of hydrogen-bond acceptors (Lipinski definition) is 6. The molecule has 2 heterocycles. The molecule has 0 atom stereocenters. The Kier molecular flexibility index (Phi) is 7.58. The maximum absolute atomic E-state index is 12.4. The van der Waals surface area contributed by atoms with Crippen molar-refractivity contribution in [2.24, 2.45) is 0 Å². The van der Waals surface area contributed by atoms with E-state index in [-0.39, 0.29) is 18.4 Å². The van der Waals surface area contributed by atoms with Crippen molar-refractivity contribution in [1.29, 1.82) is 0 Å². The van der Waals surface area contributed by atoms with Gasteiger partial charge >= 0.3 is 0 Å².